The molecule has 1 fully saturated rings. The summed E-state index contributed by atoms with van der Waals surface area (Å²) >= 11 is 6.12. The fraction of sp³-hybridized carbons (Fsp3) is 0.417. The van der Waals surface area contributed by atoms with Crippen molar-refractivity contribution in [1.29, 1.82) is 5.41 Å². The number of nitrogens with zero attached hydrogens (tertiary/aromatic N) is 1. The van der Waals surface area contributed by atoms with Gasteiger partial charge in [-0.1, -0.05) is 23.7 Å². The van der Waals surface area contributed by atoms with Gasteiger partial charge in [-0.05, 0) is 11.6 Å². The highest BCUT2D eigenvalue weighted by molar-refractivity contribution is 6.31. The molecule has 1 aromatic rings. The Kier molecular flexibility index (Phi) is 3.87. The summed E-state index contributed by atoms with van der Waals surface area (Å²) in [6.07, 6.45) is -1.39. The Morgan fingerprint density at radius 1 is 1.39 bits per heavy atom. The van der Waals surface area contributed by atoms with Crippen LogP contribution in [0.25, 0.3) is 0 Å². The zero-order valence-electron chi connectivity index (χ0n) is 9.81. The van der Waals surface area contributed by atoms with Crippen LogP contribution in [0.3, 0.4) is 0 Å². The van der Waals surface area contributed by atoms with E-state index in [1.165, 1.54) is 0 Å². The topological polar surface area (TPSA) is 93.6 Å². The highest BCUT2D eigenvalue weighted by atomic mass is 35.5. The third kappa shape index (κ3) is 2.81. The molecule has 0 radical (unpaired) electrons. The van der Waals surface area contributed by atoms with E-state index in [-0.39, 0.29) is 5.84 Å². The minimum absolute atomic E-state index is 0.0181. The van der Waals surface area contributed by atoms with Gasteiger partial charge >= 0.3 is 0 Å². The van der Waals surface area contributed by atoms with Crippen LogP contribution in [0.2, 0.25) is 5.02 Å². The van der Waals surface area contributed by atoms with Crippen molar-refractivity contribution in [3.05, 3.63) is 34.3 Å². The lowest BCUT2D eigenvalue weighted by Gasteiger charge is -2.16. The molecule has 1 aliphatic rings. The molecular formula is C12H16ClN3O2. The average Bonchev–Trinajstić information content (AvgIpc) is 2.61. The smallest absolute Gasteiger partial charge is 0.122 e. The fourth-order valence-electron chi connectivity index (χ4n) is 2.06. The zero-order valence-corrected chi connectivity index (χ0v) is 10.6. The van der Waals surface area contributed by atoms with Crippen molar-refractivity contribution in [2.75, 3.05) is 13.1 Å². The van der Waals surface area contributed by atoms with E-state index in [1.54, 1.807) is 12.1 Å². The standard InChI is InChI=1S/C12H16ClN3O2/c13-9-3-7(12(14)15)1-2-8(9)4-16-5-10(17)11(18)6-16/h1-3,10-11,17-18H,4-6H2,(H3,14,15). The number of benzene rings is 1. The molecule has 0 amide bonds. The zero-order chi connectivity index (χ0) is 13.3. The van der Waals surface area contributed by atoms with Gasteiger partial charge in [0.15, 0.2) is 0 Å². The largest absolute Gasteiger partial charge is 0.389 e. The summed E-state index contributed by atoms with van der Waals surface area (Å²) in [5.74, 6) is -0.0181. The second kappa shape index (κ2) is 5.24. The molecule has 0 saturated carbocycles. The van der Waals surface area contributed by atoms with Crippen LogP contribution in [0.1, 0.15) is 11.1 Å². The highest BCUT2D eigenvalue weighted by Gasteiger charge is 2.29. The Bertz CT molecular complexity index is 457. The summed E-state index contributed by atoms with van der Waals surface area (Å²) < 4.78 is 0. The first-order valence-electron chi connectivity index (χ1n) is 5.68. The van der Waals surface area contributed by atoms with Gasteiger partial charge in [-0.2, -0.15) is 0 Å². The van der Waals surface area contributed by atoms with Gasteiger partial charge in [0.1, 0.15) is 5.84 Å². The van der Waals surface area contributed by atoms with Crippen molar-refractivity contribution in [2.24, 2.45) is 5.73 Å². The maximum absolute atomic E-state index is 9.46. The number of β-amino-alcohol motifs (C(OH)–C–C–N with tert-alkyl or cyclic N) is 2. The van der Waals surface area contributed by atoms with Crippen LogP contribution in [0, 0.1) is 5.41 Å². The minimum Gasteiger partial charge on any atom is -0.389 e. The van der Waals surface area contributed by atoms with E-state index in [2.05, 4.69) is 0 Å². The van der Waals surface area contributed by atoms with Gasteiger partial charge in [-0.25, -0.2) is 0 Å². The number of aliphatic hydroxyl groups is 2. The van der Waals surface area contributed by atoms with E-state index in [1.807, 2.05) is 11.0 Å². The van der Waals surface area contributed by atoms with Crippen molar-refractivity contribution in [1.82, 2.24) is 4.90 Å². The van der Waals surface area contributed by atoms with Crippen molar-refractivity contribution in [2.45, 2.75) is 18.8 Å². The molecule has 2 unspecified atom stereocenters. The van der Waals surface area contributed by atoms with Crippen LogP contribution < -0.4 is 5.73 Å². The van der Waals surface area contributed by atoms with Gasteiger partial charge in [-0.3, -0.25) is 10.3 Å². The second-order valence-corrected chi connectivity index (χ2v) is 4.96. The summed E-state index contributed by atoms with van der Waals surface area (Å²) in [5, 5.41) is 26.8. The van der Waals surface area contributed by atoms with E-state index in [0.29, 0.717) is 30.2 Å². The molecule has 1 aromatic carbocycles. The van der Waals surface area contributed by atoms with Crippen LogP contribution in [0.4, 0.5) is 0 Å². The first-order valence-corrected chi connectivity index (χ1v) is 6.06. The molecule has 18 heavy (non-hydrogen) atoms. The monoisotopic (exact) mass is 269 g/mol. The number of halogens is 1. The number of hydrogen-bond acceptors (Lipinski definition) is 4. The lowest BCUT2D eigenvalue weighted by Crippen LogP contribution is -2.22. The van der Waals surface area contributed by atoms with Crippen LogP contribution >= 0.6 is 11.6 Å². The van der Waals surface area contributed by atoms with Crippen LogP contribution in [-0.4, -0.2) is 46.2 Å². The Balaban J connectivity index is 2.08. The van der Waals surface area contributed by atoms with Crippen LogP contribution in [0.5, 0.6) is 0 Å². The lowest BCUT2D eigenvalue weighted by atomic mass is 10.1. The molecule has 1 heterocycles. The Morgan fingerprint density at radius 2 is 2.00 bits per heavy atom. The van der Waals surface area contributed by atoms with Gasteiger partial charge in [-0.15, -0.1) is 0 Å². The van der Waals surface area contributed by atoms with E-state index >= 15 is 0 Å². The van der Waals surface area contributed by atoms with Crippen molar-refractivity contribution < 1.29 is 10.2 Å². The number of amidine groups is 1. The van der Waals surface area contributed by atoms with E-state index < -0.39 is 12.2 Å². The number of nitrogens with two attached hydrogens (primary N) is 1. The maximum atomic E-state index is 9.46. The quantitative estimate of drug-likeness (QED) is 0.465. The van der Waals surface area contributed by atoms with Gasteiger partial charge < -0.3 is 15.9 Å². The number of likely N-dealkylation sites (tertiary alicyclic amines) is 1. The number of nitrogen functional groups attached to an aromatic ring is 1. The summed E-state index contributed by atoms with van der Waals surface area (Å²) in [4.78, 5) is 1.93. The molecule has 0 aliphatic carbocycles. The maximum Gasteiger partial charge on any atom is 0.122 e. The minimum atomic E-state index is -0.694. The first-order chi connectivity index (χ1) is 8.47. The third-order valence-corrected chi connectivity index (χ3v) is 3.44. The van der Waals surface area contributed by atoms with Gasteiger partial charge in [0.05, 0.1) is 12.2 Å². The number of hydrogen-bond donors (Lipinski definition) is 4. The summed E-state index contributed by atoms with van der Waals surface area (Å²) in [5.41, 5.74) is 6.86. The van der Waals surface area contributed by atoms with E-state index in [9.17, 15) is 10.2 Å². The molecule has 5 nitrogen and oxygen atoms in total. The third-order valence-electron chi connectivity index (χ3n) is 3.09. The van der Waals surface area contributed by atoms with Crippen molar-refractivity contribution in [3.8, 4) is 0 Å². The van der Waals surface area contributed by atoms with Crippen LogP contribution in [-0.2, 0) is 6.54 Å². The number of nitrogens with one attached hydrogen (secondary N) is 1. The fourth-order valence-corrected chi connectivity index (χ4v) is 2.30. The molecule has 2 atom stereocenters. The lowest BCUT2D eigenvalue weighted by molar-refractivity contribution is 0.0572. The van der Waals surface area contributed by atoms with E-state index in [0.717, 1.165) is 5.56 Å². The predicted octanol–water partition coefficient (Wildman–Crippen LogP) is 0.161. The molecule has 0 aromatic heterocycles. The molecule has 2 rings (SSSR count). The molecule has 5 N–H and O–H groups in total. The predicted molar refractivity (Wildman–Crippen MR) is 69.8 cm³/mol. The van der Waals surface area contributed by atoms with Crippen molar-refractivity contribution >= 4 is 17.4 Å². The van der Waals surface area contributed by atoms with Crippen molar-refractivity contribution in [3.63, 3.8) is 0 Å². The summed E-state index contributed by atoms with van der Waals surface area (Å²) in [6, 6.07) is 5.21. The van der Waals surface area contributed by atoms with Gasteiger partial charge in [0, 0.05) is 30.2 Å². The highest BCUT2D eigenvalue weighted by Crippen LogP contribution is 2.21. The molecule has 0 spiro atoms. The first kappa shape index (κ1) is 13.3. The summed E-state index contributed by atoms with van der Waals surface area (Å²) in [6.45, 7) is 1.43. The van der Waals surface area contributed by atoms with Gasteiger partial charge in [0.2, 0.25) is 0 Å². The van der Waals surface area contributed by atoms with Gasteiger partial charge in [0.25, 0.3) is 0 Å². The second-order valence-electron chi connectivity index (χ2n) is 4.55. The normalized spacial score (nSPS) is 24.4. The number of rotatable bonds is 3. The molecule has 1 aliphatic heterocycles. The van der Waals surface area contributed by atoms with E-state index in [4.69, 9.17) is 22.7 Å². The Labute approximate surface area is 110 Å². The number of aliphatic hydroxyl groups excluding tert-OH is 2. The molecule has 98 valence electrons. The molecule has 0 bridgehead atoms. The Morgan fingerprint density at radius 3 is 2.50 bits per heavy atom. The average molecular weight is 270 g/mol. The van der Waals surface area contributed by atoms with Crippen LogP contribution in [0.15, 0.2) is 18.2 Å². The molecular weight excluding hydrogens is 254 g/mol. The SMILES string of the molecule is N=C(N)c1ccc(CN2CC(O)C(O)C2)c(Cl)c1. The summed E-state index contributed by atoms with van der Waals surface area (Å²) in [7, 11) is 0. The Hall–Kier alpha value is -1.14. The molecule has 1 saturated heterocycles. The molecule has 6 heteroatoms.